The molecule has 0 spiro atoms. The summed E-state index contributed by atoms with van der Waals surface area (Å²) >= 11 is 0. The van der Waals surface area contributed by atoms with E-state index in [1.165, 1.54) is 37.5 Å². The first-order valence-corrected chi connectivity index (χ1v) is 8.81. The standard InChI is InChI=1S/C20H28O3/c1-19(2)8-5-9-20(3)16(6-4-7-17(19)20)18(23)13-10-14(21)12-15(22)11-13/h10-12,16-17,21-22H,4-9H2,1-3H3. The van der Waals surface area contributed by atoms with E-state index in [2.05, 4.69) is 20.8 Å². The summed E-state index contributed by atoms with van der Waals surface area (Å²) < 4.78 is 0. The molecule has 3 nitrogen and oxygen atoms in total. The molecule has 0 aromatic heterocycles. The second-order valence-electron chi connectivity index (χ2n) is 8.49. The van der Waals surface area contributed by atoms with Crippen LogP contribution in [0.2, 0.25) is 0 Å². The molecular weight excluding hydrogens is 288 g/mol. The van der Waals surface area contributed by atoms with Gasteiger partial charge in [0.05, 0.1) is 0 Å². The maximum absolute atomic E-state index is 13.2. The molecule has 3 heteroatoms. The molecule has 0 saturated heterocycles. The number of benzene rings is 1. The first kappa shape index (κ1) is 16.4. The Bertz CT molecular complexity index is 599. The normalized spacial score (nSPS) is 33.0. The first-order valence-electron chi connectivity index (χ1n) is 8.81. The van der Waals surface area contributed by atoms with E-state index in [0.717, 1.165) is 19.3 Å². The number of hydrogen-bond acceptors (Lipinski definition) is 3. The van der Waals surface area contributed by atoms with Crippen molar-refractivity contribution < 1.29 is 15.0 Å². The van der Waals surface area contributed by atoms with E-state index < -0.39 is 0 Å². The minimum absolute atomic E-state index is 0.0120. The van der Waals surface area contributed by atoms with Gasteiger partial charge in [-0.05, 0) is 54.6 Å². The molecule has 2 N–H and O–H groups in total. The number of Topliss-reactive ketones (excluding diaryl/α,β-unsaturated/α-hetero) is 1. The Morgan fingerprint density at radius 3 is 2.30 bits per heavy atom. The van der Waals surface area contributed by atoms with Gasteiger partial charge in [-0.1, -0.05) is 33.6 Å². The minimum atomic E-state index is -0.0464. The van der Waals surface area contributed by atoms with Gasteiger partial charge in [-0.3, -0.25) is 4.79 Å². The highest BCUT2D eigenvalue weighted by Gasteiger charge is 2.53. The number of phenols is 2. The molecule has 0 heterocycles. The Morgan fingerprint density at radius 1 is 1.00 bits per heavy atom. The molecule has 3 unspecified atom stereocenters. The second kappa shape index (κ2) is 5.54. The van der Waals surface area contributed by atoms with Crippen molar-refractivity contribution in [3.63, 3.8) is 0 Å². The van der Waals surface area contributed by atoms with Gasteiger partial charge in [0.25, 0.3) is 0 Å². The van der Waals surface area contributed by atoms with Crippen molar-refractivity contribution in [2.45, 2.75) is 59.3 Å². The molecule has 3 rings (SSSR count). The van der Waals surface area contributed by atoms with Gasteiger partial charge >= 0.3 is 0 Å². The van der Waals surface area contributed by atoms with Crippen molar-refractivity contribution in [2.75, 3.05) is 0 Å². The summed E-state index contributed by atoms with van der Waals surface area (Å²) in [6.07, 6.45) is 6.72. The van der Waals surface area contributed by atoms with Crippen LogP contribution in [0.4, 0.5) is 0 Å². The molecule has 2 saturated carbocycles. The van der Waals surface area contributed by atoms with Crippen LogP contribution in [-0.4, -0.2) is 16.0 Å². The fourth-order valence-corrected chi connectivity index (χ4v) is 5.53. The zero-order valence-electron chi connectivity index (χ0n) is 14.4. The molecule has 2 aliphatic carbocycles. The molecule has 0 bridgehead atoms. The van der Waals surface area contributed by atoms with E-state index >= 15 is 0 Å². The smallest absolute Gasteiger partial charge is 0.166 e. The molecule has 0 radical (unpaired) electrons. The average molecular weight is 316 g/mol. The Balaban J connectivity index is 1.96. The molecule has 2 aliphatic rings. The van der Waals surface area contributed by atoms with E-state index in [1.807, 2.05) is 0 Å². The minimum Gasteiger partial charge on any atom is -0.508 e. The first-order chi connectivity index (χ1) is 10.7. The molecule has 1 aromatic carbocycles. The summed E-state index contributed by atoms with van der Waals surface area (Å²) in [5, 5.41) is 19.4. The van der Waals surface area contributed by atoms with E-state index in [4.69, 9.17) is 0 Å². The molecule has 1 aromatic rings. The number of fused-ring (bicyclic) bond motifs is 1. The number of ketones is 1. The predicted molar refractivity (Wildman–Crippen MR) is 90.7 cm³/mol. The lowest BCUT2D eigenvalue weighted by atomic mass is 9.47. The van der Waals surface area contributed by atoms with Gasteiger partial charge in [0, 0.05) is 17.5 Å². The van der Waals surface area contributed by atoms with E-state index in [-0.39, 0.29) is 34.0 Å². The summed E-state index contributed by atoms with van der Waals surface area (Å²) in [6.45, 7) is 6.99. The largest absolute Gasteiger partial charge is 0.508 e. The summed E-state index contributed by atoms with van der Waals surface area (Å²) in [4.78, 5) is 13.2. The van der Waals surface area contributed by atoms with Crippen LogP contribution in [0.1, 0.15) is 69.7 Å². The number of hydrogen-bond donors (Lipinski definition) is 2. The van der Waals surface area contributed by atoms with Crippen LogP contribution >= 0.6 is 0 Å². The van der Waals surface area contributed by atoms with Crippen LogP contribution in [-0.2, 0) is 0 Å². The number of carbonyl (C=O) groups is 1. The van der Waals surface area contributed by atoms with E-state index in [0.29, 0.717) is 11.5 Å². The molecule has 0 aliphatic heterocycles. The molecule has 126 valence electrons. The topological polar surface area (TPSA) is 57.5 Å². The molecule has 23 heavy (non-hydrogen) atoms. The lowest BCUT2D eigenvalue weighted by Crippen LogP contribution is -2.50. The third-order valence-electron chi connectivity index (χ3n) is 6.56. The predicted octanol–water partition coefficient (Wildman–Crippen LogP) is 4.91. The van der Waals surface area contributed by atoms with Gasteiger partial charge in [-0.2, -0.15) is 0 Å². The van der Waals surface area contributed by atoms with Crippen LogP contribution in [0.25, 0.3) is 0 Å². The van der Waals surface area contributed by atoms with Crippen molar-refractivity contribution in [2.24, 2.45) is 22.7 Å². The van der Waals surface area contributed by atoms with Crippen LogP contribution in [0.3, 0.4) is 0 Å². The van der Waals surface area contributed by atoms with Crippen LogP contribution in [0.5, 0.6) is 11.5 Å². The highest BCUT2D eigenvalue weighted by molar-refractivity contribution is 5.99. The van der Waals surface area contributed by atoms with Gasteiger partial charge in [0.2, 0.25) is 0 Å². The van der Waals surface area contributed by atoms with Crippen molar-refractivity contribution >= 4 is 5.78 Å². The van der Waals surface area contributed by atoms with Crippen LogP contribution in [0, 0.1) is 22.7 Å². The average Bonchev–Trinajstić information content (AvgIpc) is 2.44. The van der Waals surface area contributed by atoms with Gasteiger partial charge in [0.1, 0.15) is 11.5 Å². The number of rotatable bonds is 2. The van der Waals surface area contributed by atoms with Crippen molar-refractivity contribution in [1.82, 2.24) is 0 Å². The SMILES string of the molecule is CC1(C)CCCC2(C)C(C(=O)c3cc(O)cc(O)c3)CCCC12. The third kappa shape index (κ3) is 2.75. The van der Waals surface area contributed by atoms with Crippen molar-refractivity contribution in [3.05, 3.63) is 23.8 Å². The second-order valence-corrected chi connectivity index (χ2v) is 8.49. The molecule has 3 atom stereocenters. The van der Waals surface area contributed by atoms with E-state index in [9.17, 15) is 15.0 Å². The van der Waals surface area contributed by atoms with Gasteiger partial charge in [-0.15, -0.1) is 0 Å². The quantitative estimate of drug-likeness (QED) is 0.762. The fraction of sp³-hybridized carbons (Fsp3) is 0.650. The maximum Gasteiger partial charge on any atom is 0.166 e. The summed E-state index contributed by atoms with van der Waals surface area (Å²) in [5.41, 5.74) is 0.753. The highest BCUT2D eigenvalue weighted by Crippen LogP contribution is 2.60. The number of carbonyl (C=O) groups excluding carboxylic acids is 1. The summed E-state index contributed by atoms with van der Waals surface area (Å²) in [5.74, 6) is 0.546. The van der Waals surface area contributed by atoms with Crippen LogP contribution < -0.4 is 0 Å². The van der Waals surface area contributed by atoms with Gasteiger partial charge < -0.3 is 10.2 Å². The molecule has 2 fully saturated rings. The molecular formula is C20H28O3. The lowest BCUT2D eigenvalue weighted by molar-refractivity contribution is -0.0613. The zero-order chi connectivity index (χ0) is 16.8. The monoisotopic (exact) mass is 316 g/mol. The highest BCUT2D eigenvalue weighted by atomic mass is 16.3. The van der Waals surface area contributed by atoms with Gasteiger partial charge in [0.15, 0.2) is 5.78 Å². The van der Waals surface area contributed by atoms with Crippen molar-refractivity contribution in [1.29, 1.82) is 0 Å². The fourth-order valence-electron chi connectivity index (χ4n) is 5.53. The summed E-state index contributed by atoms with van der Waals surface area (Å²) in [7, 11) is 0. The summed E-state index contributed by atoms with van der Waals surface area (Å²) in [6, 6.07) is 4.25. The zero-order valence-corrected chi connectivity index (χ0v) is 14.4. The lowest BCUT2D eigenvalue weighted by Gasteiger charge is -2.56. The Kier molecular flexibility index (Phi) is 3.94. The molecule has 0 amide bonds. The Morgan fingerprint density at radius 2 is 1.65 bits per heavy atom. The Hall–Kier alpha value is -1.51. The maximum atomic E-state index is 13.2. The Labute approximate surface area is 138 Å². The number of phenolic OH excluding ortho intramolecular Hbond substituents is 2. The van der Waals surface area contributed by atoms with E-state index in [1.54, 1.807) is 0 Å². The van der Waals surface area contributed by atoms with Gasteiger partial charge in [-0.25, -0.2) is 0 Å². The van der Waals surface area contributed by atoms with Crippen LogP contribution in [0.15, 0.2) is 18.2 Å². The third-order valence-corrected chi connectivity index (χ3v) is 6.56. The van der Waals surface area contributed by atoms with Crippen molar-refractivity contribution in [3.8, 4) is 11.5 Å². The number of aromatic hydroxyl groups is 2.